The van der Waals surface area contributed by atoms with E-state index in [-0.39, 0.29) is 18.0 Å². The van der Waals surface area contributed by atoms with Gasteiger partial charge in [0.15, 0.2) is 5.78 Å². The maximum absolute atomic E-state index is 13.0. The third kappa shape index (κ3) is 2.60. The Morgan fingerprint density at radius 1 is 1.15 bits per heavy atom. The first kappa shape index (κ1) is 14.0. The van der Waals surface area contributed by atoms with Gasteiger partial charge in [-0.1, -0.05) is 42.5 Å². The first-order chi connectivity index (χ1) is 9.58. The molecule has 0 saturated heterocycles. The Labute approximate surface area is 117 Å². The second kappa shape index (κ2) is 5.66. The van der Waals surface area contributed by atoms with Crippen LogP contribution in [0.1, 0.15) is 18.1 Å². The van der Waals surface area contributed by atoms with E-state index in [9.17, 15) is 14.4 Å². The van der Waals surface area contributed by atoms with Crippen molar-refractivity contribution in [3.05, 3.63) is 71.5 Å². The van der Waals surface area contributed by atoms with Crippen LogP contribution in [0.5, 0.6) is 0 Å². The Morgan fingerprint density at radius 3 is 2.25 bits per heavy atom. The summed E-state index contributed by atoms with van der Waals surface area (Å²) in [7, 11) is 0. The standard InChI is InChI=1S/C17H14FNO/c1-13(20)17(12-19,15-5-3-2-4-6-15)11-14-7-9-16(18)10-8-14/h2-10H,11H2,1H3. The minimum Gasteiger partial charge on any atom is -0.298 e. The summed E-state index contributed by atoms with van der Waals surface area (Å²) < 4.78 is 13.0. The molecule has 1 unspecified atom stereocenters. The van der Waals surface area contributed by atoms with E-state index in [1.54, 1.807) is 36.4 Å². The monoisotopic (exact) mass is 267 g/mol. The summed E-state index contributed by atoms with van der Waals surface area (Å²) in [6.45, 7) is 1.42. The molecule has 2 aromatic carbocycles. The van der Waals surface area contributed by atoms with E-state index < -0.39 is 5.41 Å². The van der Waals surface area contributed by atoms with Crippen molar-refractivity contribution < 1.29 is 9.18 Å². The molecule has 1 atom stereocenters. The van der Waals surface area contributed by atoms with Gasteiger partial charge >= 0.3 is 0 Å². The number of rotatable bonds is 4. The van der Waals surface area contributed by atoms with Crippen LogP contribution in [0.25, 0.3) is 0 Å². The fraction of sp³-hybridized carbons (Fsp3) is 0.176. The summed E-state index contributed by atoms with van der Waals surface area (Å²) in [5.74, 6) is -0.547. The van der Waals surface area contributed by atoms with Gasteiger partial charge in [-0.25, -0.2) is 4.39 Å². The molecule has 0 bridgehead atoms. The predicted molar refractivity (Wildman–Crippen MR) is 74.5 cm³/mol. The van der Waals surface area contributed by atoms with Gasteiger partial charge in [-0.3, -0.25) is 4.79 Å². The van der Waals surface area contributed by atoms with Crippen LogP contribution in [-0.4, -0.2) is 5.78 Å². The maximum atomic E-state index is 13.0. The number of carbonyl (C=O) groups excluding carboxylic acids is 1. The average molecular weight is 267 g/mol. The molecular weight excluding hydrogens is 253 g/mol. The molecule has 0 fully saturated rings. The highest BCUT2D eigenvalue weighted by Gasteiger charge is 2.37. The quantitative estimate of drug-likeness (QED) is 0.851. The van der Waals surface area contributed by atoms with Gasteiger partial charge in [0.05, 0.1) is 6.07 Å². The SMILES string of the molecule is CC(=O)C(C#N)(Cc1ccc(F)cc1)c1ccccc1. The van der Waals surface area contributed by atoms with Gasteiger partial charge in [-0.05, 0) is 30.2 Å². The van der Waals surface area contributed by atoms with Crippen LogP contribution in [0, 0.1) is 17.1 Å². The lowest BCUT2D eigenvalue weighted by Crippen LogP contribution is -2.35. The van der Waals surface area contributed by atoms with Crippen LogP contribution in [0.4, 0.5) is 4.39 Å². The minimum absolute atomic E-state index is 0.212. The second-order valence-electron chi connectivity index (χ2n) is 4.74. The van der Waals surface area contributed by atoms with Crippen molar-refractivity contribution in [3.63, 3.8) is 0 Å². The summed E-state index contributed by atoms with van der Waals surface area (Å²) >= 11 is 0. The topological polar surface area (TPSA) is 40.9 Å². The molecular formula is C17H14FNO. The molecule has 2 aromatic rings. The van der Waals surface area contributed by atoms with Crippen molar-refractivity contribution in [3.8, 4) is 6.07 Å². The molecule has 2 nitrogen and oxygen atoms in total. The normalized spacial score (nSPS) is 13.2. The summed E-state index contributed by atoms with van der Waals surface area (Å²) in [6.07, 6.45) is 0.239. The van der Waals surface area contributed by atoms with Gasteiger partial charge in [-0.2, -0.15) is 5.26 Å². The molecule has 0 saturated carbocycles. The number of halogens is 1. The number of nitrogens with zero attached hydrogens (tertiary/aromatic N) is 1. The second-order valence-corrected chi connectivity index (χ2v) is 4.74. The zero-order chi connectivity index (χ0) is 14.6. The highest BCUT2D eigenvalue weighted by atomic mass is 19.1. The van der Waals surface area contributed by atoms with Crippen molar-refractivity contribution in [1.82, 2.24) is 0 Å². The molecule has 20 heavy (non-hydrogen) atoms. The first-order valence-corrected chi connectivity index (χ1v) is 6.31. The Kier molecular flexibility index (Phi) is 3.95. The van der Waals surface area contributed by atoms with Crippen molar-refractivity contribution >= 4 is 5.78 Å². The van der Waals surface area contributed by atoms with Gasteiger partial charge in [0, 0.05) is 6.42 Å². The maximum Gasteiger partial charge on any atom is 0.154 e. The molecule has 0 amide bonds. The van der Waals surface area contributed by atoms with E-state index >= 15 is 0 Å². The molecule has 0 aromatic heterocycles. The predicted octanol–water partition coefficient (Wildman–Crippen LogP) is 3.42. The molecule has 0 heterocycles. The van der Waals surface area contributed by atoms with Crippen LogP contribution in [0.2, 0.25) is 0 Å². The minimum atomic E-state index is -1.22. The van der Waals surface area contributed by atoms with E-state index in [2.05, 4.69) is 6.07 Å². The first-order valence-electron chi connectivity index (χ1n) is 6.31. The summed E-state index contributed by atoms with van der Waals surface area (Å²) in [4.78, 5) is 12.1. The number of ketones is 1. The molecule has 3 heteroatoms. The highest BCUT2D eigenvalue weighted by molar-refractivity contribution is 5.91. The number of nitriles is 1. The summed E-state index contributed by atoms with van der Waals surface area (Å²) in [6, 6.07) is 17.0. The lowest BCUT2D eigenvalue weighted by atomic mass is 9.74. The van der Waals surface area contributed by atoms with Gasteiger partial charge < -0.3 is 0 Å². The number of Topliss-reactive ketones (excluding diaryl/α,β-unsaturated/α-hetero) is 1. The van der Waals surface area contributed by atoms with Crippen molar-refractivity contribution in [2.45, 2.75) is 18.8 Å². The molecule has 0 aliphatic carbocycles. The smallest absolute Gasteiger partial charge is 0.154 e. The molecule has 0 aliphatic rings. The zero-order valence-electron chi connectivity index (χ0n) is 11.1. The Morgan fingerprint density at radius 2 is 1.75 bits per heavy atom. The molecule has 0 radical (unpaired) electrons. The number of hydrogen-bond donors (Lipinski definition) is 0. The lowest BCUT2D eigenvalue weighted by Gasteiger charge is -2.24. The van der Waals surface area contributed by atoms with Gasteiger partial charge in [-0.15, -0.1) is 0 Å². The van der Waals surface area contributed by atoms with Crippen LogP contribution in [0.3, 0.4) is 0 Å². The number of hydrogen-bond acceptors (Lipinski definition) is 2. The highest BCUT2D eigenvalue weighted by Crippen LogP contribution is 2.29. The molecule has 100 valence electrons. The number of carbonyl (C=O) groups is 1. The molecule has 2 rings (SSSR count). The Bertz CT molecular complexity index is 643. The van der Waals surface area contributed by atoms with Crippen LogP contribution in [-0.2, 0) is 16.6 Å². The largest absolute Gasteiger partial charge is 0.298 e. The Balaban J connectivity index is 2.46. The lowest BCUT2D eigenvalue weighted by molar-refractivity contribution is -0.120. The average Bonchev–Trinajstić information content (AvgIpc) is 2.47. The van der Waals surface area contributed by atoms with E-state index in [1.807, 2.05) is 6.07 Å². The van der Waals surface area contributed by atoms with E-state index in [1.165, 1.54) is 19.1 Å². The van der Waals surface area contributed by atoms with E-state index in [0.29, 0.717) is 5.56 Å². The fourth-order valence-electron chi connectivity index (χ4n) is 2.24. The zero-order valence-corrected chi connectivity index (χ0v) is 11.1. The van der Waals surface area contributed by atoms with Crippen molar-refractivity contribution in [2.75, 3.05) is 0 Å². The van der Waals surface area contributed by atoms with E-state index in [4.69, 9.17) is 0 Å². The Hall–Kier alpha value is -2.47. The number of benzene rings is 2. The van der Waals surface area contributed by atoms with Gasteiger partial charge in [0.25, 0.3) is 0 Å². The molecule has 0 N–H and O–H groups in total. The molecule has 0 spiro atoms. The third-order valence-corrected chi connectivity index (χ3v) is 3.44. The van der Waals surface area contributed by atoms with Crippen molar-refractivity contribution in [2.24, 2.45) is 0 Å². The van der Waals surface area contributed by atoms with Gasteiger partial charge in [0.1, 0.15) is 11.2 Å². The van der Waals surface area contributed by atoms with Crippen LogP contribution >= 0.6 is 0 Å². The van der Waals surface area contributed by atoms with Crippen molar-refractivity contribution in [1.29, 1.82) is 5.26 Å². The van der Waals surface area contributed by atoms with Crippen LogP contribution < -0.4 is 0 Å². The van der Waals surface area contributed by atoms with E-state index in [0.717, 1.165) is 5.56 Å². The molecule has 0 aliphatic heterocycles. The summed E-state index contributed by atoms with van der Waals surface area (Å²) in [5.41, 5.74) is 0.199. The summed E-state index contributed by atoms with van der Waals surface area (Å²) in [5, 5.41) is 9.57. The fourth-order valence-corrected chi connectivity index (χ4v) is 2.24. The van der Waals surface area contributed by atoms with Gasteiger partial charge in [0.2, 0.25) is 0 Å². The van der Waals surface area contributed by atoms with Crippen LogP contribution in [0.15, 0.2) is 54.6 Å². The third-order valence-electron chi connectivity index (χ3n) is 3.44.